The van der Waals surface area contributed by atoms with Gasteiger partial charge in [0.1, 0.15) is 6.10 Å². The lowest BCUT2D eigenvalue weighted by atomic mass is 9.86. The molecule has 1 heterocycles. The van der Waals surface area contributed by atoms with Crippen molar-refractivity contribution in [3.63, 3.8) is 0 Å². The van der Waals surface area contributed by atoms with E-state index in [1.54, 1.807) is 19.5 Å². The highest BCUT2D eigenvalue weighted by Gasteiger charge is 2.26. The van der Waals surface area contributed by atoms with Crippen molar-refractivity contribution in [2.45, 2.75) is 31.8 Å². The van der Waals surface area contributed by atoms with Crippen molar-refractivity contribution in [1.29, 1.82) is 0 Å². The van der Waals surface area contributed by atoms with Crippen LogP contribution in [-0.2, 0) is 0 Å². The predicted octanol–water partition coefficient (Wildman–Crippen LogP) is 1.38. The van der Waals surface area contributed by atoms with Crippen molar-refractivity contribution >= 4 is 0 Å². The maximum absolute atomic E-state index is 5.87. The number of hydrogen-bond acceptors (Lipinski definition) is 5. The Hall–Kier alpha value is -1.36. The van der Waals surface area contributed by atoms with Gasteiger partial charge in [0.15, 0.2) is 0 Å². The van der Waals surface area contributed by atoms with Gasteiger partial charge in [-0.15, -0.1) is 0 Å². The first-order valence-corrected chi connectivity index (χ1v) is 6.06. The minimum atomic E-state index is 0.162. The van der Waals surface area contributed by atoms with Crippen molar-refractivity contribution in [1.82, 2.24) is 9.97 Å². The monoisotopic (exact) mass is 237 g/mol. The third-order valence-electron chi connectivity index (χ3n) is 3.21. The molecule has 0 saturated heterocycles. The number of rotatable bonds is 4. The fraction of sp³-hybridized carbons (Fsp3) is 0.667. The van der Waals surface area contributed by atoms with E-state index in [1.165, 1.54) is 12.8 Å². The summed E-state index contributed by atoms with van der Waals surface area (Å²) in [4.78, 5) is 8.23. The van der Waals surface area contributed by atoms with Crippen LogP contribution in [0, 0.1) is 5.92 Å². The van der Waals surface area contributed by atoms with E-state index in [2.05, 4.69) is 9.97 Å². The molecule has 0 aliphatic heterocycles. The quantitative estimate of drug-likeness (QED) is 0.856. The first-order valence-electron chi connectivity index (χ1n) is 6.06. The van der Waals surface area contributed by atoms with E-state index in [0.29, 0.717) is 24.2 Å². The molecule has 0 radical (unpaired) electrons. The molecule has 2 unspecified atom stereocenters. The smallest absolute Gasteiger partial charge is 0.235 e. The van der Waals surface area contributed by atoms with Gasteiger partial charge < -0.3 is 15.2 Å². The first kappa shape index (κ1) is 12.1. The molecule has 2 atom stereocenters. The molecule has 1 saturated carbocycles. The molecular weight excluding hydrogens is 218 g/mol. The summed E-state index contributed by atoms with van der Waals surface area (Å²) >= 11 is 0. The molecule has 2 rings (SSSR count). The molecular formula is C12H19N3O2. The topological polar surface area (TPSA) is 70.3 Å². The first-order chi connectivity index (χ1) is 8.33. The number of nitrogens with zero attached hydrogens (tertiary/aromatic N) is 2. The Kier molecular flexibility index (Phi) is 4.14. The van der Waals surface area contributed by atoms with Crippen LogP contribution in [0.15, 0.2) is 12.4 Å². The zero-order chi connectivity index (χ0) is 12.1. The second-order valence-corrected chi connectivity index (χ2v) is 4.34. The van der Waals surface area contributed by atoms with E-state index < -0.39 is 0 Å². The van der Waals surface area contributed by atoms with Gasteiger partial charge in [0.2, 0.25) is 11.8 Å². The van der Waals surface area contributed by atoms with Crippen molar-refractivity contribution in [2.24, 2.45) is 11.7 Å². The number of nitrogens with two attached hydrogens (primary N) is 1. The van der Waals surface area contributed by atoms with Gasteiger partial charge in [0.05, 0.1) is 19.5 Å². The van der Waals surface area contributed by atoms with E-state index in [1.807, 2.05) is 0 Å². The van der Waals surface area contributed by atoms with Crippen molar-refractivity contribution in [2.75, 3.05) is 13.7 Å². The maximum Gasteiger partial charge on any atom is 0.235 e. The van der Waals surface area contributed by atoms with Gasteiger partial charge in [0.25, 0.3) is 0 Å². The van der Waals surface area contributed by atoms with Gasteiger partial charge in [-0.05, 0) is 25.8 Å². The SMILES string of the molecule is COc1cncc(OC2CCCCC2CN)n1. The molecule has 5 heteroatoms. The van der Waals surface area contributed by atoms with Crippen LogP contribution in [0.2, 0.25) is 0 Å². The number of methoxy groups -OCH3 is 1. The Morgan fingerprint density at radius 1 is 1.29 bits per heavy atom. The minimum Gasteiger partial charge on any atom is -0.480 e. The van der Waals surface area contributed by atoms with Gasteiger partial charge in [-0.2, -0.15) is 4.98 Å². The van der Waals surface area contributed by atoms with Crippen LogP contribution < -0.4 is 15.2 Å². The summed E-state index contributed by atoms with van der Waals surface area (Å²) in [6, 6.07) is 0. The van der Waals surface area contributed by atoms with E-state index >= 15 is 0 Å². The highest BCUT2D eigenvalue weighted by molar-refractivity contribution is 5.13. The third kappa shape index (κ3) is 3.06. The lowest BCUT2D eigenvalue weighted by Gasteiger charge is -2.30. The van der Waals surface area contributed by atoms with Crippen LogP contribution in [0.3, 0.4) is 0 Å². The summed E-state index contributed by atoms with van der Waals surface area (Å²) < 4.78 is 10.9. The van der Waals surface area contributed by atoms with Gasteiger partial charge in [-0.1, -0.05) is 6.42 Å². The van der Waals surface area contributed by atoms with Crippen LogP contribution in [0.1, 0.15) is 25.7 Å². The number of hydrogen-bond donors (Lipinski definition) is 1. The van der Waals surface area contributed by atoms with Crippen LogP contribution in [0.5, 0.6) is 11.8 Å². The van der Waals surface area contributed by atoms with Crippen LogP contribution in [-0.4, -0.2) is 29.7 Å². The summed E-state index contributed by atoms with van der Waals surface area (Å²) in [5.74, 6) is 1.43. The number of aromatic nitrogens is 2. The second-order valence-electron chi connectivity index (χ2n) is 4.34. The molecule has 1 aromatic rings. The van der Waals surface area contributed by atoms with Crippen molar-refractivity contribution < 1.29 is 9.47 Å². The van der Waals surface area contributed by atoms with Crippen molar-refractivity contribution in [3.8, 4) is 11.8 Å². The lowest BCUT2D eigenvalue weighted by molar-refractivity contribution is 0.0911. The summed E-state index contributed by atoms with van der Waals surface area (Å²) in [7, 11) is 1.57. The Balaban J connectivity index is 2.02. The Bertz CT molecular complexity index is 359. The Morgan fingerprint density at radius 3 is 2.82 bits per heavy atom. The summed E-state index contributed by atoms with van der Waals surface area (Å²) in [6.07, 6.45) is 7.96. The highest BCUT2D eigenvalue weighted by Crippen LogP contribution is 2.27. The van der Waals surface area contributed by atoms with Gasteiger partial charge in [-0.3, -0.25) is 4.98 Å². The molecule has 2 N–H and O–H groups in total. The third-order valence-corrected chi connectivity index (χ3v) is 3.21. The Morgan fingerprint density at radius 2 is 2.06 bits per heavy atom. The van der Waals surface area contributed by atoms with E-state index in [-0.39, 0.29) is 6.10 Å². The van der Waals surface area contributed by atoms with Gasteiger partial charge in [-0.25, -0.2) is 0 Å². The molecule has 1 aromatic heterocycles. The van der Waals surface area contributed by atoms with E-state index in [0.717, 1.165) is 12.8 Å². The van der Waals surface area contributed by atoms with Crippen molar-refractivity contribution in [3.05, 3.63) is 12.4 Å². The largest absolute Gasteiger partial charge is 0.480 e. The molecule has 5 nitrogen and oxygen atoms in total. The molecule has 94 valence electrons. The summed E-state index contributed by atoms with van der Waals surface area (Å²) in [6.45, 7) is 0.669. The molecule has 0 amide bonds. The molecule has 17 heavy (non-hydrogen) atoms. The molecule has 0 bridgehead atoms. The zero-order valence-corrected chi connectivity index (χ0v) is 10.1. The fourth-order valence-corrected chi connectivity index (χ4v) is 2.24. The van der Waals surface area contributed by atoms with E-state index in [4.69, 9.17) is 15.2 Å². The molecule has 0 aromatic carbocycles. The van der Waals surface area contributed by atoms with Gasteiger partial charge >= 0.3 is 0 Å². The maximum atomic E-state index is 5.87. The normalized spacial score (nSPS) is 24.4. The zero-order valence-electron chi connectivity index (χ0n) is 10.1. The average Bonchev–Trinajstić information content (AvgIpc) is 2.39. The van der Waals surface area contributed by atoms with Crippen LogP contribution >= 0.6 is 0 Å². The van der Waals surface area contributed by atoms with Crippen LogP contribution in [0.4, 0.5) is 0 Å². The highest BCUT2D eigenvalue weighted by atomic mass is 16.5. The molecule has 0 spiro atoms. The Labute approximate surface area is 101 Å². The lowest BCUT2D eigenvalue weighted by Crippen LogP contribution is -2.35. The number of ether oxygens (including phenoxy) is 2. The standard InChI is InChI=1S/C12H19N3O2/c1-16-11-7-14-8-12(15-11)17-10-5-3-2-4-9(10)6-13/h7-10H,2-6,13H2,1H3. The average molecular weight is 237 g/mol. The minimum absolute atomic E-state index is 0.162. The fourth-order valence-electron chi connectivity index (χ4n) is 2.24. The van der Waals surface area contributed by atoms with E-state index in [9.17, 15) is 0 Å². The summed E-state index contributed by atoms with van der Waals surface area (Å²) in [5, 5.41) is 0. The van der Waals surface area contributed by atoms with Crippen LogP contribution in [0.25, 0.3) is 0 Å². The van der Waals surface area contributed by atoms with Gasteiger partial charge in [0, 0.05) is 5.92 Å². The summed E-state index contributed by atoms with van der Waals surface area (Å²) in [5.41, 5.74) is 5.76. The molecule has 1 aliphatic rings. The second kappa shape index (κ2) is 5.82. The molecule has 1 aliphatic carbocycles. The predicted molar refractivity (Wildman–Crippen MR) is 64.0 cm³/mol. The molecule has 1 fully saturated rings.